The van der Waals surface area contributed by atoms with Gasteiger partial charge in [0.1, 0.15) is 0 Å². The summed E-state index contributed by atoms with van der Waals surface area (Å²) in [6.45, 7) is 0.0927. The quantitative estimate of drug-likeness (QED) is 0.814. The summed E-state index contributed by atoms with van der Waals surface area (Å²) in [6, 6.07) is 4.62. The monoisotopic (exact) mass is 238 g/mol. The number of hydrogen-bond donors (Lipinski definition) is 2. The second kappa shape index (κ2) is 4.32. The van der Waals surface area contributed by atoms with Crippen molar-refractivity contribution >= 4 is 11.9 Å². The minimum atomic E-state index is -1.17. The highest BCUT2D eigenvalue weighted by Gasteiger charge is 2.25. The molecule has 0 aromatic heterocycles. The Labute approximate surface area is 96.4 Å². The largest absolute Gasteiger partial charge is 0.481 e. The molecule has 1 aromatic rings. The second-order valence-electron chi connectivity index (χ2n) is 3.60. The van der Waals surface area contributed by atoms with E-state index in [4.69, 9.17) is 19.7 Å². The van der Waals surface area contributed by atoms with Crippen molar-refractivity contribution in [3.63, 3.8) is 0 Å². The first kappa shape index (κ1) is 11.3. The molecule has 1 heterocycles. The van der Waals surface area contributed by atoms with E-state index in [9.17, 15) is 9.59 Å². The Morgan fingerprint density at radius 2 is 1.94 bits per heavy atom. The number of benzene rings is 1. The van der Waals surface area contributed by atoms with Gasteiger partial charge in [0.15, 0.2) is 11.5 Å². The minimum absolute atomic E-state index is 0.0927. The molecule has 0 unspecified atom stereocenters. The van der Waals surface area contributed by atoms with Crippen molar-refractivity contribution in [1.82, 2.24) is 0 Å². The molecule has 0 saturated heterocycles. The van der Waals surface area contributed by atoms with Gasteiger partial charge in [0.25, 0.3) is 0 Å². The molecule has 0 saturated carbocycles. The number of carboxylic acids is 2. The lowest BCUT2D eigenvalue weighted by Gasteiger charge is -2.10. The SMILES string of the molecule is O=C(O)C[C@@H](C(=O)O)c1ccc2c(c1)OCO2. The van der Waals surface area contributed by atoms with Crippen molar-refractivity contribution in [3.8, 4) is 11.5 Å². The summed E-state index contributed by atoms with van der Waals surface area (Å²) in [5.41, 5.74) is 0.393. The molecular formula is C11H10O6. The molecule has 1 aromatic carbocycles. The summed E-state index contributed by atoms with van der Waals surface area (Å²) in [6.07, 6.45) is -0.463. The van der Waals surface area contributed by atoms with Crippen molar-refractivity contribution in [1.29, 1.82) is 0 Å². The van der Waals surface area contributed by atoms with E-state index in [1.807, 2.05) is 0 Å². The van der Waals surface area contributed by atoms with Crippen LogP contribution in [0.15, 0.2) is 18.2 Å². The Bertz CT molecular complexity index is 467. The predicted molar refractivity (Wildman–Crippen MR) is 55.2 cm³/mol. The molecule has 1 aliphatic rings. The normalized spacial score (nSPS) is 14.4. The summed E-state index contributed by atoms with van der Waals surface area (Å²) in [5, 5.41) is 17.7. The molecule has 17 heavy (non-hydrogen) atoms. The fraction of sp³-hybridized carbons (Fsp3) is 0.273. The van der Waals surface area contributed by atoms with Crippen molar-refractivity contribution in [3.05, 3.63) is 23.8 Å². The van der Waals surface area contributed by atoms with Crippen LogP contribution in [0.3, 0.4) is 0 Å². The van der Waals surface area contributed by atoms with Gasteiger partial charge in [0.2, 0.25) is 6.79 Å². The zero-order valence-corrected chi connectivity index (χ0v) is 8.75. The van der Waals surface area contributed by atoms with Crippen LogP contribution in [0.5, 0.6) is 11.5 Å². The Balaban J connectivity index is 2.30. The van der Waals surface area contributed by atoms with Crippen LogP contribution in [0.4, 0.5) is 0 Å². The average molecular weight is 238 g/mol. The standard InChI is InChI=1S/C11H10O6/c12-10(13)4-7(11(14)15)6-1-2-8-9(3-6)17-5-16-8/h1-3,7H,4-5H2,(H,12,13)(H,14,15)/t7-/m1/s1. The number of aliphatic carboxylic acids is 2. The molecule has 6 nitrogen and oxygen atoms in total. The Kier molecular flexibility index (Phi) is 2.86. The van der Waals surface area contributed by atoms with Gasteiger partial charge in [0, 0.05) is 0 Å². The number of ether oxygens (including phenoxy) is 2. The van der Waals surface area contributed by atoms with E-state index in [2.05, 4.69) is 0 Å². The highest BCUT2D eigenvalue weighted by atomic mass is 16.7. The van der Waals surface area contributed by atoms with E-state index >= 15 is 0 Å². The number of rotatable bonds is 4. The second-order valence-corrected chi connectivity index (χ2v) is 3.60. The van der Waals surface area contributed by atoms with E-state index in [0.717, 1.165) is 0 Å². The lowest BCUT2D eigenvalue weighted by atomic mass is 9.95. The van der Waals surface area contributed by atoms with Gasteiger partial charge in [-0.25, -0.2) is 0 Å². The molecule has 2 rings (SSSR count). The van der Waals surface area contributed by atoms with Crippen molar-refractivity contribution in [2.75, 3.05) is 6.79 Å². The summed E-state index contributed by atoms with van der Waals surface area (Å²) in [4.78, 5) is 21.6. The maximum absolute atomic E-state index is 11.0. The smallest absolute Gasteiger partial charge is 0.311 e. The molecule has 1 aliphatic heterocycles. The van der Waals surface area contributed by atoms with Crippen LogP contribution in [-0.4, -0.2) is 28.9 Å². The summed E-state index contributed by atoms with van der Waals surface area (Å²) >= 11 is 0. The summed E-state index contributed by atoms with van der Waals surface area (Å²) < 4.78 is 10.2. The minimum Gasteiger partial charge on any atom is -0.481 e. The fourth-order valence-corrected chi connectivity index (χ4v) is 1.65. The number of carbonyl (C=O) groups is 2. The molecule has 0 amide bonds. The topological polar surface area (TPSA) is 93.1 Å². The molecule has 0 aliphatic carbocycles. The molecule has 2 N–H and O–H groups in total. The van der Waals surface area contributed by atoms with Gasteiger partial charge in [-0.15, -0.1) is 0 Å². The van der Waals surface area contributed by atoms with Crippen LogP contribution in [-0.2, 0) is 9.59 Å². The predicted octanol–water partition coefficient (Wildman–Crippen LogP) is 1.06. The Morgan fingerprint density at radius 3 is 2.59 bits per heavy atom. The zero-order chi connectivity index (χ0) is 12.4. The lowest BCUT2D eigenvalue weighted by molar-refractivity contribution is -0.145. The van der Waals surface area contributed by atoms with Crippen molar-refractivity contribution < 1.29 is 29.3 Å². The van der Waals surface area contributed by atoms with E-state index < -0.39 is 24.3 Å². The third kappa shape index (κ3) is 2.30. The molecule has 6 heteroatoms. The third-order valence-corrected chi connectivity index (χ3v) is 2.48. The molecule has 1 atom stereocenters. The van der Waals surface area contributed by atoms with Gasteiger partial charge < -0.3 is 19.7 Å². The molecular weight excluding hydrogens is 228 g/mol. The molecule has 0 bridgehead atoms. The fourth-order valence-electron chi connectivity index (χ4n) is 1.65. The van der Waals surface area contributed by atoms with Crippen LogP contribution in [0, 0.1) is 0 Å². The van der Waals surface area contributed by atoms with Crippen molar-refractivity contribution in [2.24, 2.45) is 0 Å². The van der Waals surface area contributed by atoms with Gasteiger partial charge in [-0.1, -0.05) is 6.07 Å². The van der Waals surface area contributed by atoms with E-state index in [-0.39, 0.29) is 6.79 Å². The van der Waals surface area contributed by atoms with Crippen LogP contribution < -0.4 is 9.47 Å². The molecule has 0 fully saturated rings. The third-order valence-electron chi connectivity index (χ3n) is 2.48. The van der Waals surface area contributed by atoms with Crippen LogP contribution >= 0.6 is 0 Å². The zero-order valence-electron chi connectivity index (χ0n) is 8.75. The van der Waals surface area contributed by atoms with Crippen LogP contribution in [0.2, 0.25) is 0 Å². The number of carboxylic acid groups (broad SMARTS) is 2. The first-order valence-corrected chi connectivity index (χ1v) is 4.92. The van der Waals surface area contributed by atoms with Gasteiger partial charge in [0.05, 0.1) is 12.3 Å². The van der Waals surface area contributed by atoms with E-state index in [1.165, 1.54) is 12.1 Å². The maximum atomic E-state index is 11.0. The highest BCUT2D eigenvalue weighted by molar-refractivity contribution is 5.82. The Hall–Kier alpha value is -2.24. The van der Waals surface area contributed by atoms with Gasteiger partial charge in [-0.05, 0) is 17.7 Å². The van der Waals surface area contributed by atoms with Crippen molar-refractivity contribution in [2.45, 2.75) is 12.3 Å². The van der Waals surface area contributed by atoms with Gasteiger partial charge in [-0.2, -0.15) is 0 Å². The summed E-state index contributed by atoms with van der Waals surface area (Å²) in [5.74, 6) is -2.43. The highest BCUT2D eigenvalue weighted by Crippen LogP contribution is 2.35. The average Bonchev–Trinajstić information content (AvgIpc) is 2.72. The lowest BCUT2D eigenvalue weighted by Crippen LogP contribution is -2.15. The molecule has 0 radical (unpaired) electrons. The van der Waals surface area contributed by atoms with E-state index in [0.29, 0.717) is 17.1 Å². The first-order valence-electron chi connectivity index (χ1n) is 4.92. The van der Waals surface area contributed by atoms with Gasteiger partial charge >= 0.3 is 11.9 Å². The number of fused-ring (bicyclic) bond motifs is 1. The van der Waals surface area contributed by atoms with E-state index in [1.54, 1.807) is 6.07 Å². The molecule has 0 spiro atoms. The first-order chi connectivity index (χ1) is 8.08. The Morgan fingerprint density at radius 1 is 1.24 bits per heavy atom. The van der Waals surface area contributed by atoms with Crippen LogP contribution in [0.1, 0.15) is 17.9 Å². The van der Waals surface area contributed by atoms with Crippen LogP contribution in [0.25, 0.3) is 0 Å². The summed E-state index contributed by atoms with van der Waals surface area (Å²) in [7, 11) is 0. The number of hydrogen-bond acceptors (Lipinski definition) is 4. The molecule has 90 valence electrons. The maximum Gasteiger partial charge on any atom is 0.311 e. The van der Waals surface area contributed by atoms with Gasteiger partial charge in [-0.3, -0.25) is 9.59 Å².